The van der Waals surface area contributed by atoms with Crippen LogP contribution in [0.25, 0.3) is 11.1 Å². The first-order valence-electron chi connectivity index (χ1n) is 7.36. The van der Waals surface area contributed by atoms with E-state index >= 15 is 0 Å². The van der Waals surface area contributed by atoms with Gasteiger partial charge in [-0.3, -0.25) is 4.79 Å². The molecule has 4 rings (SSSR count). The lowest BCUT2D eigenvalue weighted by Crippen LogP contribution is -2.03. The van der Waals surface area contributed by atoms with E-state index in [0.29, 0.717) is 12.2 Å². The van der Waals surface area contributed by atoms with Crippen molar-refractivity contribution in [3.8, 4) is 22.9 Å². The van der Waals surface area contributed by atoms with Crippen molar-refractivity contribution in [1.29, 1.82) is 0 Å². The number of fused-ring (bicyclic) bond motifs is 1. The monoisotopic (exact) mass is 321 g/mol. The Labute approximate surface area is 137 Å². The van der Waals surface area contributed by atoms with Crippen molar-refractivity contribution in [2.75, 3.05) is 5.32 Å². The molecule has 0 saturated heterocycles. The van der Waals surface area contributed by atoms with Crippen LogP contribution in [0.1, 0.15) is 5.56 Å². The van der Waals surface area contributed by atoms with Gasteiger partial charge < -0.3 is 10.1 Å². The average Bonchev–Trinajstić information content (AvgIpc) is 2.95. The van der Waals surface area contributed by atoms with Gasteiger partial charge in [0.25, 0.3) is 0 Å². The third-order valence-electron chi connectivity index (χ3n) is 3.70. The highest BCUT2D eigenvalue weighted by atomic mass is 19.1. The topological polar surface area (TPSA) is 64.1 Å². The van der Waals surface area contributed by atoms with Gasteiger partial charge in [-0.2, -0.15) is 0 Å². The highest BCUT2D eigenvalue weighted by molar-refractivity contribution is 5.99. The second-order valence-electron chi connectivity index (χ2n) is 5.41. The number of halogens is 1. The minimum Gasteiger partial charge on any atom is -0.424 e. The quantitative estimate of drug-likeness (QED) is 0.801. The summed E-state index contributed by atoms with van der Waals surface area (Å²) in [6.07, 6.45) is 3.64. The van der Waals surface area contributed by atoms with E-state index < -0.39 is 0 Å². The van der Waals surface area contributed by atoms with Crippen molar-refractivity contribution in [2.45, 2.75) is 6.42 Å². The van der Waals surface area contributed by atoms with Crippen LogP contribution in [0, 0.1) is 5.82 Å². The summed E-state index contributed by atoms with van der Waals surface area (Å²) in [5.74, 6) is -0.0486. The molecule has 0 unspecified atom stereocenters. The summed E-state index contributed by atoms with van der Waals surface area (Å²) >= 11 is 0. The Balaban J connectivity index is 1.56. The molecule has 24 heavy (non-hydrogen) atoms. The third-order valence-corrected chi connectivity index (χ3v) is 3.70. The zero-order valence-corrected chi connectivity index (χ0v) is 12.5. The first kappa shape index (κ1) is 14.3. The molecule has 1 aromatic heterocycles. The highest BCUT2D eigenvalue weighted by Crippen LogP contribution is 2.29. The Morgan fingerprint density at radius 2 is 1.88 bits per heavy atom. The van der Waals surface area contributed by atoms with Gasteiger partial charge in [0.1, 0.15) is 11.6 Å². The molecule has 0 radical (unpaired) electrons. The van der Waals surface area contributed by atoms with Crippen LogP contribution in [0.2, 0.25) is 0 Å². The SMILES string of the molecule is O=C1Cc2cc(-c3cnc(Oc4cccc(F)c4)nc3)ccc2N1. The van der Waals surface area contributed by atoms with Crippen molar-refractivity contribution in [1.82, 2.24) is 9.97 Å². The van der Waals surface area contributed by atoms with Crippen LogP contribution in [-0.4, -0.2) is 15.9 Å². The summed E-state index contributed by atoms with van der Waals surface area (Å²) < 4.78 is 18.6. The molecule has 2 aromatic carbocycles. The zero-order chi connectivity index (χ0) is 16.5. The van der Waals surface area contributed by atoms with E-state index in [1.807, 2.05) is 18.2 Å². The first-order valence-corrected chi connectivity index (χ1v) is 7.36. The van der Waals surface area contributed by atoms with Gasteiger partial charge in [-0.25, -0.2) is 14.4 Å². The van der Waals surface area contributed by atoms with Gasteiger partial charge in [0.15, 0.2) is 0 Å². The molecular weight excluding hydrogens is 309 g/mol. The predicted octanol–water partition coefficient (Wildman–Crippen LogP) is 3.57. The van der Waals surface area contributed by atoms with Crippen LogP contribution >= 0.6 is 0 Å². The molecule has 0 atom stereocenters. The van der Waals surface area contributed by atoms with Crippen molar-refractivity contribution in [2.24, 2.45) is 0 Å². The first-order chi connectivity index (χ1) is 11.7. The van der Waals surface area contributed by atoms with Gasteiger partial charge >= 0.3 is 6.01 Å². The molecule has 0 saturated carbocycles. The number of hydrogen-bond donors (Lipinski definition) is 1. The zero-order valence-electron chi connectivity index (χ0n) is 12.5. The normalized spacial score (nSPS) is 12.6. The van der Waals surface area contributed by atoms with Gasteiger partial charge in [-0.1, -0.05) is 12.1 Å². The number of anilines is 1. The molecule has 1 aliphatic heterocycles. The van der Waals surface area contributed by atoms with Crippen LogP contribution in [0.4, 0.5) is 10.1 Å². The Morgan fingerprint density at radius 3 is 2.67 bits per heavy atom. The number of ether oxygens (including phenoxy) is 1. The lowest BCUT2D eigenvalue weighted by atomic mass is 10.0. The predicted molar refractivity (Wildman–Crippen MR) is 86.3 cm³/mol. The summed E-state index contributed by atoms with van der Waals surface area (Å²) in [7, 11) is 0. The second kappa shape index (κ2) is 5.73. The number of aromatic nitrogens is 2. The minimum absolute atomic E-state index is 0.00255. The van der Waals surface area contributed by atoms with Crippen LogP contribution in [0.15, 0.2) is 54.9 Å². The van der Waals surface area contributed by atoms with Gasteiger partial charge in [-0.15, -0.1) is 0 Å². The van der Waals surface area contributed by atoms with Crippen LogP contribution in [0.3, 0.4) is 0 Å². The van der Waals surface area contributed by atoms with E-state index in [-0.39, 0.29) is 17.7 Å². The van der Waals surface area contributed by atoms with Gasteiger partial charge in [0.2, 0.25) is 5.91 Å². The van der Waals surface area contributed by atoms with Gasteiger partial charge in [-0.05, 0) is 35.4 Å². The van der Waals surface area contributed by atoms with E-state index in [9.17, 15) is 9.18 Å². The fraction of sp³-hybridized carbons (Fsp3) is 0.0556. The summed E-state index contributed by atoms with van der Waals surface area (Å²) in [4.78, 5) is 19.7. The van der Waals surface area contributed by atoms with Gasteiger partial charge in [0, 0.05) is 29.7 Å². The van der Waals surface area contributed by atoms with E-state index in [1.165, 1.54) is 12.1 Å². The summed E-state index contributed by atoms with van der Waals surface area (Å²) in [6, 6.07) is 11.6. The Hall–Kier alpha value is -3.28. The summed E-state index contributed by atoms with van der Waals surface area (Å²) in [6.45, 7) is 0. The number of amides is 1. The number of nitrogens with one attached hydrogen (secondary N) is 1. The summed E-state index contributed by atoms with van der Waals surface area (Å²) in [5, 5.41) is 2.80. The fourth-order valence-corrected chi connectivity index (χ4v) is 2.56. The molecule has 0 fully saturated rings. The lowest BCUT2D eigenvalue weighted by Gasteiger charge is -2.06. The third kappa shape index (κ3) is 2.81. The molecule has 2 heterocycles. The maximum atomic E-state index is 13.1. The maximum Gasteiger partial charge on any atom is 0.321 e. The van der Waals surface area contributed by atoms with E-state index in [1.54, 1.807) is 24.5 Å². The van der Waals surface area contributed by atoms with Crippen molar-refractivity contribution in [3.05, 3.63) is 66.2 Å². The Kier molecular flexibility index (Phi) is 3.42. The maximum absolute atomic E-state index is 13.1. The summed E-state index contributed by atoms with van der Waals surface area (Å²) in [5.41, 5.74) is 3.53. The molecular formula is C18H12FN3O2. The molecule has 0 spiro atoms. The van der Waals surface area contributed by atoms with Crippen LogP contribution in [0.5, 0.6) is 11.8 Å². The number of hydrogen-bond acceptors (Lipinski definition) is 4. The smallest absolute Gasteiger partial charge is 0.321 e. The number of rotatable bonds is 3. The van der Waals surface area contributed by atoms with Gasteiger partial charge in [0.05, 0.1) is 6.42 Å². The number of carbonyl (C=O) groups is 1. The molecule has 5 nitrogen and oxygen atoms in total. The fourth-order valence-electron chi connectivity index (χ4n) is 2.56. The minimum atomic E-state index is -0.384. The molecule has 6 heteroatoms. The molecule has 1 amide bonds. The molecule has 1 aliphatic rings. The molecule has 118 valence electrons. The molecule has 0 bridgehead atoms. The van der Waals surface area contributed by atoms with Crippen molar-refractivity contribution in [3.63, 3.8) is 0 Å². The highest BCUT2D eigenvalue weighted by Gasteiger charge is 2.17. The number of carbonyl (C=O) groups excluding carboxylic acids is 1. The standard InChI is InChI=1S/C18H12FN3O2/c19-14-2-1-3-15(8-14)24-18-20-9-13(10-21-18)11-4-5-16-12(6-11)7-17(23)22-16/h1-6,8-10H,7H2,(H,22,23). The number of nitrogens with zero attached hydrogens (tertiary/aromatic N) is 2. The average molecular weight is 321 g/mol. The Morgan fingerprint density at radius 1 is 1.04 bits per heavy atom. The molecule has 3 aromatic rings. The van der Waals surface area contributed by atoms with Crippen LogP contribution in [-0.2, 0) is 11.2 Å². The lowest BCUT2D eigenvalue weighted by molar-refractivity contribution is -0.115. The molecule has 1 N–H and O–H groups in total. The number of benzene rings is 2. The molecule has 0 aliphatic carbocycles. The van der Waals surface area contributed by atoms with E-state index in [0.717, 1.165) is 22.4 Å². The Bertz CT molecular complexity index is 926. The second-order valence-corrected chi connectivity index (χ2v) is 5.41. The van der Waals surface area contributed by atoms with Crippen molar-refractivity contribution < 1.29 is 13.9 Å². The largest absolute Gasteiger partial charge is 0.424 e. The van der Waals surface area contributed by atoms with E-state index in [2.05, 4.69) is 15.3 Å². The van der Waals surface area contributed by atoms with Crippen LogP contribution < -0.4 is 10.1 Å². The van der Waals surface area contributed by atoms with E-state index in [4.69, 9.17) is 4.74 Å². The van der Waals surface area contributed by atoms with Crippen molar-refractivity contribution >= 4 is 11.6 Å².